The van der Waals surface area contributed by atoms with Crippen LogP contribution in [-0.4, -0.2) is 14.7 Å². The van der Waals surface area contributed by atoms with Crippen LogP contribution < -0.4 is 5.32 Å². The smallest absolute Gasteiger partial charge is 0.175 e. The van der Waals surface area contributed by atoms with Crippen LogP contribution in [0.25, 0.3) is 0 Å². The number of hydrogen-bond donors (Lipinski definition) is 1. The maximum atomic E-state index is 13.5. The van der Waals surface area contributed by atoms with E-state index in [4.69, 9.17) is 11.6 Å². The highest BCUT2D eigenvalue weighted by molar-refractivity contribution is 7.90. The van der Waals surface area contributed by atoms with E-state index in [1.54, 1.807) is 31.2 Å². The highest BCUT2D eigenvalue weighted by Gasteiger charge is 2.15. The number of halogens is 2. The maximum Gasteiger partial charge on any atom is 0.175 e. The lowest BCUT2D eigenvalue weighted by atomic mass is 10.2. The van der Waals surface area contributed by atoms with E-state index >= 15 is 0 Å². The van der Waals surface area contributed by atoms with Gasteiger partial charge in [-0.3, -0.25) is 0 Å². The Hall–Kier alpha value is -1.59. The highest BCUT2D eigenvalue weighted by Crippen LogP contribution is 2.25. The summed E-state index contributed by atoms with van der Waals surface area (Å²) < 4.78 is 37.0. The van der Waals surface area contributed by atoms with Crippen LogP contribution in [0.15, 0.2) is 41.3 Å². The summed E-state index contributed by atoms with van der Waals surface area (Å²) in [6.45, 7) is 1.87. The zero-order valence-electron chi connectivity index (χ0n) is 11.7. The number of hydrogen-bond acceptors (Lipinski definition) is 3. The molecule has 0 bridgehead atoms. The fourth-order valence-electron chi connectivity index (χ4n) is 1.95. The van der Waals surface area contributed by atoms with E-state index in [9.17, 15) is 12.8 Å². The molecule has 0 saturated carbocycles. The molecule has 21 heavy (non-hydrogen) atoms. The summed E-state index contributed by atoms with van der Waals surface area (Å²) in [5.74, 6) is -0.317. The topological polar surface area (TPSA) is 46.2 Å². The van der Waals surface area contributed by atoms with E-state index in [-0.39, 0.29) is 17.3 Å². The molecule has 0 aliphatic rings. The standard InChI is InChI=1S/C15H15ClFNO2S/c1-10-6-7-11(8-14(10)17)18-9-12-13(16)4-3-5-15(12)21(2,19)20/h3-8,18H,9H2,1-2H3. The Morgan fingerprint density at radius 3 is 2.57 bits per heavy atom. The third kappa shape index (κ3) is 3.74. The van der Waals surface area contributed by atoms with Crippen molar-refractivity contribution in [3.63, 3.8) is 0 Å². The number of anilines is 1. The molecule has 3 nitrogen and oxygen atoms in total. The van der Waals surface area contributed by atoms with Crippen LogP contribution in [0, 0.1) is 12.7 Å². The van der Waals surface area contributed by atoms with Gasteiger partial charge in [0.1, 0.15) is 5.82 Å². The molecule has 2 aromatic carbocycles. The Kier molecular flexibility index (Phi) is 4.54. The van der Waals surface area contributed by atoms with Gasteiger partial charge in [-0.15, -0.1) is 0 Å². The quantitative estimate of drug-likeness (QED) is 0.929. The van der Waals surface area contributed by atoms with Crippen molar-refractivity contribution in [3.05, 3.63) is 58.4 Å². The second kappa shape index (κ2) is 6.03. The van der Waals surface area contributed by atoms with Crippen LogP contribution in [0.3, 0.4) is 0 Å². The van der Waals surface area contributed by atoms with Crippen molar-refractivity contribution in [1.29, 1.82) is 0 Å². The maximum absolute atomic E-state index is 13.5. The number of aryl methyl sites for hydroxylation is 1. The van der Waals surface area contributed by atoms with Crippen molar-refractivity contribution >= 4 is 27.1 Å². The van der Waals surface area contributed by atoms with E-state index in [1.807, 2.05) is 0 Å². The molecule has 112 valence electrons. The fourth-order valence-corrected chi connectivity index (χ4v) is 3.20. The summed E-state index contributed by atoms with van der Waals surface area (Å²) in [5.41, 5.74) is 1.59. The first-order chi connectivity index (χ1) is 9.79. The first kappa shape index (κ1) is 15.8. The molecule has 0 amide bonds. The molecule has 0 radical (unpaired) electrons. The summed E-state index contributed by atoms with van der Waals surface area (Å²) >= 11 is 6.08. The van der Waals surface area contributed by atoms with Crippen molar-refractivity contribution in [2.45, 2.75) is 18.4 Å². The van der Waals surface area contributed by atoms with Crippen molar-refractivity contribution in [1.82, 2.24) is 0 Å². The van der Waals surface area contributed by atoms with Gasteiger partial charge < -0.3 is 5.32 Å². The molecule has 0 saturated heterocycles. The molecule has 0 aliphatic heterocycles. The van der Waals surface area contributed by atoms with Gasteiger partial charge in [0.25, 0.3) is 0 Å². The van der Waals surface area contributed by atoms with Gasteiger partial charge in [-0.25, -0.2) is 12.8 Å². The largest absolute Gasteiger partial charge is 0.381 e. The summed E-state index contributed by atoms with van der Waals surface area (Å²) in [6, 6.07) is 9.48. The molecule has 0 aliphatic carbocycles. The third-order valence-corrected chi connectivity index (χ3v) is 4.65. The Morgan fingerprint density at radius 2 is 1.95 bits per heavy atom. The Balaban J connectivity index is 2.30. The lowest BCUT2D eigenvalue weighted by molar-refractivity contribution is 0.601. The minimum atomic E-state index is -3.37. The molecule has 1 N–H and O–H groups in total. The predicted octanol–water partition coefficient (Wildman–Crippen LogP) is 3.80. The molecule has 2 rings (SSSR count). The lowest BCUT2D eigenvalue weighted by Crippen LogP contribution is -2.08. The SMILES string of the molecule is Cc1ccc(NCc2c(Cl)cccc2S(C)(=O)=O)cc1F. The van der Waals surface area contributed by atoms with Crippen LogP contribution in [0.5, 0.6) is 0 Å². The zero-order chi connectivity index (χ0) is 15.6. The van der Waals surface area contributed by atoms with Crippen molar-refractivity contribution < 1.29 is 12.8 Å². The van der Waals surface area contributed by atoms with Gasteiger partial charge >= 0.3 is 0 Å². The molecule has 0 unspecified atom stereocenters. The third-order valence-electron chi connectivity index (χ3n) is 3.12. The van der Waals surface area contributed by atoms with Gasteiger partial charge in [-0.1, -0.05) is 23.7 Å². The van der Waals surface area contributed by atoms with Crippen molar-refractivity contribution in [2.75, 3.05) is 11.6 Å². The molecule has 0 fully saturated rings. The normalized spacial score (nSPS) is 11.4. The Labute approximate surface area is 128 Å². The van der Waals surface area contributed by atoms with Gasteiger partial charge in [0.15, 0.2) is 9.84 Å². The van der Waals surface area contributed by atoms with Gasteiger partial charge in [0, 0.05) is 29.1 Å². The molecule has 0 spiro atoms. The van der Waals surface area contributed by atoms with Crippen molar-refractivity contribution in [2.24, 2.45) is 0 Å². The second-order valence-electron chi connectivity index (χ2n) is 4.81. The van der Waals surface area contributed by atoms with Crippen LogP contribution in [-0.2, 0) is 16.4 Å². The van der Waals surface area contributed by atoms with Crippen LogP contribution in [0.2, 0.25) is 5.02 Å². The molecule has 2 aromatic rings. The first-order valence-corrected chi connectivity index (χ1v) is 8.53. The van der Waals surface area contributed by atoms with E-state index in [0.717, 1.165) is 6.26 Å². The summed E-state index contributed by atoms with van der Waals surface area (Å²) in [7, 11) is -3.37. The van der Waals surface area contributed by atoms with Gasteiger partial charge in [0.05, 0.1) is 4.90 Å². The zero-order valence-corrected chi connectivity index (χ0v) is 13.2. The average molecular weight is 328 g/mol. The molecular weight excluding hydrogens is 313 g/mol. The van der Waals surface area contributed by atoms with Crippen LogP contribution in [0.4, 0.5) is 10.1 Å². The number of benzene rings is 2. The minimum Gasteiger partial charge on any atom is -0.381 e. The second-order valence-corrected chi connectivity index (χ2v) is 7.20. The van der Waals surface area contributed by atoms with E-state index in [2.05, 4.69) is 5.32 Å². The fraction of sp³-hybridized carbons (Fsp3) is 0.200. The summed E-state index contributed by atoms with van der Waals surface area (Å²) in [4.78, 5) is 0.176. The van der Waals surface area contributed by atoms with Gasteiger partial charge in [-0.2, -0.15) is 0 Å². The summed E-state index contributed by atoms with van der Waals surface area (Å²) in [5, 5.41) is 3.35. The van der Waals surface area contributed by atoms with E-state index < -0.39 is 9.84 Å². The minimum absolute atomic E-state index is 0.176. The first-order valence-electron chi connectivity index (χ1n) is 6.26. The van der Waals surface area contributed by atoms with Crippen LogP contribution in [0.1, 0.15) is 11.1 Å². The molecule has 0 atom stereocenters. The van der Waals surface area contributed by atoms with Crippen LogP contribution >= 0.6 is 11.6 Å². The lowest BCUT2D eigenvalue weighted by Gasteiger charge is -2.12. The van der Waals surface area contributed by atoms with E-state index in [0.29, 0.717) is 21.8 Å². The van der Waals surface area contributed by atoms with Crippen molar-refractivity contribution in [3.8, 4) is 0 Å². The molecule has 0 heterocycles. The average Bonchev–Trinajstić information content (AvgIpc) is 2.40. The molecule has 6 heteroatoms. The predicted molar refractivity (Wildman–Crippen MR) is 83.0 cm³/mol. The number of nitrogens with one attached hydrogen (secondary N) is 1. The monoisotopic (exact) mass is 327 g/mol. The molecular formula is C15H15ClFNO2S. The summed E-state index contributed by atoms with van der Waals surface area (Å²) in [6.07, 6.45) is 1.13. The Morgan fingerprint density at radius 1 is 1.24 bits per heavy atom. The number of sulfone groups is 1. The highest BCUT2D eigenvalue weighted by atomic mass is 35.5. The molecule has 0 aromatic heterocycles. The van der Waals surface area contributed by atoms with E-state index in [1.165, 1.54) is 12.1 Å². The van der Waals surface area contributed by atoms with Gasteiger partial charge in [-0.05, 0) is 36.8 Å². The van der Waals surface area contributed by atoms with Gasteiger partial charge in [0.2, 0.25) is 0 Å². The number of rotatable bonds is 4. The Bertz CT molecular complexity index is 775.